The maximum atomic E-state index is 11.8. The fourth-order valence-electron chi connectivity index (χ4n) is 4.89. The van der Waals surface area contributed by atoms with Crippen LogP contribution in [0.25, 0.3) is 16.8 Å². The summed E-state index contributed by atoms with van der Waals surface area (Å²) in [7, 11) is 0. The van der Waals surface area contributed by atoms with Gasteiger partial charge in [-0.1, -0.05) is 19.1 Å². The van der Waals surface area contributed by atoms with Crippen molar-refractivity contribution in [3.63, 3.8) is 0 Å². The molecule has 0 radical (unpaired) electrons. The van der Waals surface area contributed by atoms with E-state index in [4.69, 9.17) is 9.72 Å². The van der Waals surface area contributed by atoms with Gasteiger partial charge in [0, 0.05) is 47.6 Å². The number of nitrogens with zero attached hydrogens (tertiary/aromatic N) is 3. The van der Waals surface area contributed by atoms with Gasteiger partial charge in [0.15, 0.2) is 5.82 Å². The average molecular weight is 454 g/mol. The van der Waals surface area contributed by atoms with Crippen LogP contribution in [-0.4, -0.2) is 41.6 Å². The molecular formula is C27H27N5O2. The molecule has 0 spiro atoms. The van der Waals surface area contributed by atoms with Crippen molar-refractivity contribution in [1.29, 1.82) is 0 Å². The molecule has 7 nitrogen and oxygen atoms in total. The van der Waals surface area contributed by atoms with Crippen LogP contribution >= 0.6 is 0 Å². The second-order valence-electron chi connectivity index (χ2n) is 8.74. The molecule has 7 heteroatoms. The van der Waals surface area contributed by atoms with E-state index in [0.29, 0.717) is 6.42 Å². The molecule has 0 unspecified atom stereocenters. The van der Waals surface area contributed by atoms with E-state index in [1.807, 2.05) is 12.1 Å². The first-order chi connectivity index (χ1) is 16.7. The Kier molecular flexibility index (Phi) is 5.19. The zero-order chi connectivity index (χ0) is 23.1. The third-order valence-corrected chi connectivity index (χ3v) is 6.63. The van der Waals surface area contributed by atoms with Gasteiger partial charge in [-0.2, -0.15) is 0 Å². The van der Waals surface area contributed by atoms with Crippen LogP contribution in [0.4, 0.5) is 22.9 Å². The number of amides is 1. The van der Waals surface area contributed by atoms with Gasteiger partial charge in [-0.25, -0.2) is 4.98 Å². The molecule has 172 valence electrons. The van der Waals surface area contributed by atoms with Gasteiger partial charge in [0.05, 0.1) is 30.8 Å². The van der Waals surface area contributed by atoms with E-state index in [9.17, 15) is 4.79 Å². The Bertz CT molecular complexity index is 1370. The molecule has 34 heavy (non-hydrogen) atoms. The number of ether oxygens (including phenoxy) is 1. The van der Waals surface area contributed by atoms with Crippen LogP contribution < -0.4 is 15.5 Å². The van der Waals surface area contributed by atoms with E-state index >= 15 is 0 Å². The highest BCUT2D eigenvalue weighted by Gasteiger charge is 2.20. The Hall–Kier alpha value is -3.84. The molecule has 2 aliphatic rings. The average Bonchev–Trinajstić information content (AvgIpc) is 3.50. The van der Waals surface area contributed by atoms with Crippen LogP contribution in [0, 0.1) is 0 Å². The maximum absolute atomic E-state index is 11.8. The normalized spacial score (nSPS) is 15.4. The van der Waals surface area contributed by atoms with Crippen molar-refractivity contribution in [3.8, 4) is 11.3 Å². The van der Waals surface area contributed by atoms with Crippen molar-refractivity contribution in [3.05, 3.63) is 72.1 Å². The number of rotatable bonds is 5. The molecule has 1 amide bonds. The summed E-state index contributed by atoms with van der Waals surface area (Å²) in [5, 5.41) is 6.50. The minimum Gasteiger partial charge on any atom is -0.378 e. The van der Waals surface area contributed by atoms with Crippen molar-refractivity contribution < 1.29 is 9.53 Å². The predicted molar refractivity (Wildman–Crippen MR) is 135 cm³/mol. The number of aryl methyl sites for hydroxylation is 1. The number of carbonyl (C=O) groups excluding carboxylic acids is 1. The quantitative estimate of drug-likeness (QED) is 0.461. The second-order valence-corrected chi connectivity index (χ2v) is 8.74. The maximum Gasteiger partial charge on any atom is 0.228 e. The number of hydrogen-bond acceptors (Lipinski definition) is 5. The van der Waals surface area contributed by atoms with E-state index in [1.54, 1.807) is 0 Å². The number of carbonyl (C=O) groups is 1. The van der Waals surface area contributed by atoms with Crippen LogP contribution in [-0.2, 0) is 22.4 Å². The zero-order valence-corrected chi connectivity index (χ0v) is 19.2. The van der Waals surface area contributed by atoms with Crippen molar-refractivity contribution in [2.75, 3.05) is 41.8 Å². The minimum absolute atomic E-state index is 0.0413. The number of anilines is 4. The molecule has 2 aromatic heterocycles. The highest BCUT2D eigenvalue weighted by Crippen LogP contribution is 2.33. The molecule has 1 fully saturated rings. The largest absolute Gasteiger partial charge is 0.378 e. The monoisotopic (exact) mass is 453 g/mol. The predicted octanol–water partition coefficient (Wildman–Crippen LogP) is 4.64. The zero-order valence-electron chi connectivity index (χ0n) is 19.2. The van der Waals surface area contributed by atoms with E-state index in [2.05, 4.69) is 75.5 Å². The Balaban J connectivity index is 1.37. The van der Waals surface area contributed by atoms with Crippen molar-refractivity contribution in [2.45, 2.75) is 19.8 Å². The standard InChI is InChI=1S/C27H27N5O2/c1-2-23-26(19-6-5-18-17-25(33)29-22(18)16-19)30-27(24-4-3-11-32(23)24)28-20-7-9-21(10-8-20)31-12-14-34-15-13-31/h3-11,16H,2,12-15,17H2,1H3,(H,28,30)(H,29,33). The van der Waals surface area contributed by atoms with Crippen molar-refractivity contribution in [2.24, 2.45) is 0 Å². The van der Waals surface area contributed by atoms with Crippen LogP contribution in [0.1, 0.15) is 18.2 Å². The summed E-state index contributed by atoms with van der Waals surface area (Å²) in [6.07, 6.45) is 3.36. The molecule has 0 saturated carbocycles. The molecule has 0 atom stereocenters. The summed E-state index contributed by atoms with van der Waals surface area (Å²) in [5.74, 6) is 0.848. The highest BCUT2D eigenvalue weighted by atomic mass is 16.5. The number of aromatic nitrogens is 2. The van der Waals surface area contributed by atoms with E-state index in [-0.39, 0.29) is 5.91 Å². The molecule has 0 aliphatic carbocycles. The molecular weight excluding hydrogens is 426 g/mol. The third kappa shape index (κ3) is 3.68. The van der Waals surface area contributed by atoms with Crippen LogP contribution in [0.5, 0.6) is 0 Å². The highest BCUT2D eigenvalue weighted by molar-refractivity contribution is 6.00. The SMILES string of the molecule is CCc1c(-c2ccc3c(c2)NC(=O)C3)nc(Nc2ccc(N3CCOCC3)cc2)c2cccn12. The number of benzene rings is 2. The smallest absolute Gasteiger partial charge is 0.228 e. The first kappa shape index (κ1) is 20.7. The van der Waals surface area contributed by atoms with Gasteiger partial charge in [0.1, 0.15) is 0 Å². The van der Waals surface area contributed by atoms with Crippen molar-refractivity contribution >= 4 is 34.3 Å². The summed E-state index contributed by atoms with van der Waals surface area (Å²) in [6, 6.07) is 18.8. The second kappa shape index (κ2) is 8.50. The molecule has 2 aliphatic heterocycles. The third-order valence-electron chi connectivity index (χ3n) is 6.63. The molecule has 0 bridgehead atoms. The molecule has 4 heterocycles. The molecule has 2 N–H and O–H groups in total. The minimum atomic E-state index is 0.0413. The van der Waals surface area contributed by atoms with E-state index in [1.165, 1.54) is 5.69 Å². The Labute approximate surface area is 198 Å². The Morgan fingerprint density at radius 2 is 1.91 bits per heavy atom. The molecule has 2 aromatic carbocycles. The van der Waals surface area contributed by atoms with Crippen LogP contribution in [0.3, 0.4) is 0 Å². The summed E-state index contributed by atoms with van der Waals surface area (Å²) in [5.41, 5.74) is 8.20. The molecule has 1 saturated heterocycles. The number of fused-ring (bicyclic) bond motifs is 2. The summed E-state index contributed by atoms with van der Waals surface area (Å²) in [4.78, 5) is 19.3. The first-order valence-corrected chi connectivity index (χ1v) is 11.8. The summed E-state index contributed by atoms with van der Waals surface area (Å²) in [6.45, 7) is 5.53. The summed E-state index contributed by atoms with van der Waals surface area (Å²) < 4.78 is 7.68. The number of morpholine rings is 1. The molecule has 4 aromatic rings. The lowest BCUT2D eigenvalue weighted by Crippen LogP contribution is -2.36. The number of hydrogen-bond donors (Lipinski definition) is 2. The van der Waals surface area contributed by atoms with Gasteiger partial charge in [-0.3, -0.25) is 4.79 Å². The summed E-state index contributed by atoms with van der Waals surface area (Å²) >= 11 is 0. The van der Waals surface area contributed by atoms with Gasteiger partial charge in [0.2, 0.25) is 5.91 Å². The first-order valence-electron chi connectivity index (χ1n) is 11.8. The van der Waals surface area contributed by atoms with Crippen LogP contribution in [0.15, 0.2) is 60.8 Å². The Morgan fingerprint density at radius 3 is 2.71 bits per heavy atom. The van der Waals surface area contributed by atoms with Gasteiger partial charge in [-0.05, 0) is 54.4 Å². The van der Waals surface area contributed by atoms with Crippen LogP contribution in [0.2, 0.25) is 0 Å². The van der Waals surface area contributed by atoms with Gasteiger partial charge in [-0.15, -0.1) is 0 Å². The Morgan fingerprint density at radius 1 is 1.09 bits per heavy atom. The topological polar surface area (TPSA) is 70.9 Å². The van der Waals surface area contributed by atoms with E-state index < -0.39 is 0 Å². The van der Waals surface area contributed by atoms with Crippen molar-refractivity contribution in [1.82, 2.24) is 9.38 Å². The van der Waals surface area contributed by atoms with Gasteiger partial charge < -0.3 is 24.7 Å². The van der Waals surface area contributed by atoms with E-state index in [0.717, 1.165) is 77.9 Å². The lowest BCUT2D eigenvalue weighted by molar-refractivity contribution is -0.115. The lowest BCUT2D eigenvalue weighted by Gasteiger charge is -2.29. The number of nitrogens with one attached hydrogen (secondary N) is 2. The lowest BCUT2D eigenvalue weighted by atomic mass is 10.0. The molecule has 6 rings (SSSR count). The van der Waals surface area contributed by atoms with Gasteiger partial charge >= 0.3 is 0 Å². The van der Waals surface area contributed by atoms with Gasteiger partial charge in [0.25, 0.3) is 0 Å². The fraction of sp³-hybridized carbons (Fsp3) is 0.259. The fourth-order valence-corrected chi connectivity index (χ4v) is 4.89.